The van der Waals surface area contributed by atoms with Crippen LogP contribution in [0.5, 0.6) is 0 Å². The van der Waals surface area contributed by atoms with E-state index in [4.69, 9.17) is 0 Å². The fourth-order valence-electron chi connectivity index (χ4n) is 0.980. The van der Waals surface area contributed by atoms with Crippen LogP contribution in [0, 0.1) is 0 Å². The molecular formula is C9H11Br2NO2S. The quantitative estimate of drug-likeness (QED) is 0.650. The molecule has 0 aliphatic carbocycles. The van der Waals surface area contributed by atoms with Crippen LogP contribution in [-0.4, -0.2) is 24.5 Å². The number of nitrogens with one attached hydrogen (secondary N) is 1. The van der Waals surface area contributed by atoms with Crippen molar-refractivity contribution in [3.8, 4) is 0 Å². The lowest BCUT2D eigenvalue weighted by Crippen LogP contribution is -2.29. The minimum atomic E-state index is -0.286. The Morgan fingerprint density at radius 1 is 1.73 bits per heavy atom. The van der Waals surface area contributed by atoms with Gasteiger partial charge in [0.1, 0.15) is 4.83 Å². The molecule has 1 heterocycles. The van der Waals surface area contributed by atoms with E-state index in [0.29, 0.717) is 6.54 Å². The minimum Gasteiger partial charge on any atom is -0.468 e. The molecule has 0 spiro atoms. The number of rotatable bonds is 5. The average Bonchev–Trinajstić information content (AvgIpc) is 2.63. The number of thiophene rings is 1. The summed E-state index contributed by atoms with van der Waals surface area (Å²) in [5, 5.41) is 5.20. The molecule has 0 radical (unpaired) electrons. The zero-order chi connectivity index (χ0) is 11.3. The SMILES string of the molecule is COC(=O)C(Br)CNCc1cc(Br)cs1. The van der Waals surface area contributed by atoms with E-state index in [-0.39, 0.29) is 10.8 Å². The Kier molecular flexibility index (Phi) is 5.81. The maximum absolute atomic E-state index is 11.0. The van der Waals surface area contributed by atoms with Gasteiger partial charge in [-0.1, -0.05) is 15.9 Å². The van der Waals surface area contributed by atoms with Gasteiger partial charge in [0.25, 0.3) is 0 Å². The van der Waals surface area contributed by atoms with E-state index >= 15 is 0 Å². The summed E-state index contributed by atoms with van der Waals surface area (Å²) in [5.74, 6) is -0.255. The van der Waals surface area contributed by atoms with Crippen molar-refractivity contribution in [3.05, 3.63) is 20.8 Å². The summed E-state index contributed by atoms with van der Waals surface area (Å²) in [4.78, 5) is 12.0. The Labute approximate surface area is 109 Å². The van der Waals surface area contributed by atoms with Crippen molar-refractivity contribution in [1.82, 2.24) is 5.32 Å². The van der Waals surface area contributed by atoms with Crippen LogP contribution in [0.15, 0.2) is 15.9 Å². The van der Waals surface area contributed by atoms with Crippen LogP contribution in [-0.2, 0) is 16.1 Å². The minimum absolute atomic E-state index is 0.255. The molecule has 0 saturated heterocycles. The largest absolute Gasteiger partial charge is 0.468 e. The summed E-state index contributed by atoms with van der Waals surface area (Å²) in [5.41, 5.74) is 0. The molecule has 1 atom stereocenters. The van der Waals surface area contributed by atoms with Crippen molar-refractivity contribution in [2.75, 3.05) is 13.7 Å². The lowest BCUT2D eigenvalue weighted by Gasteiger charge is -2.07. The van der Waals surface area contributed by atoms with Crippen LogP contribution in [0.4, 0.5) is 0 Å². The summed E-state index contributed by atoms with van der Waals surface area (Å²) >= 11 is 8.30. The number of hydrogen-bond acceptors (Lipinski definition) is 4. The van der Waals surface area contributed by atoms with E-state index in [9.17, 15) is 4.79 Å². The van der Waals surface area contributed by atoms with E-state index in [1.54, 1.807) is 11.3 Å². The molecule has 84 valence electrons. The van der Waals surface area contributed by atoms with Gasteiger partial charge in [-0.25, -0.2) is 0 Å². The Hall–Kier alpha value is 0.0900. The number of esters is 1. The van der Waals surface area contributed by atoms with E-state index < -0.39 is 0 Å². The van der Waals surface area contributed by atoms with Crippen molar-refractivity contribution in [2.45, 2.75) is 11.4 Å². The van der Waals surface area contributed by atoms with E-state index in [0.717, 1.165) is 11.0 Å². The fraction of sp³-hybridized carbons (Fsp3) is 0.444. The first-order valence-electron chi connectivity index (χ1n) is 4.29. The second-order valence-corrected chi connectivity index (χ2v) is 5.87. The second kappa shape index (κ2) is 6.62. The highest BCUT2D eigenvalue weighted by molar-refractivity contribution is 9.10. The molecule has 1 aromatic rings. The number of hydrogen-bond donors (Lipinski definition) is 1. The van der Waals surface area contributed by atoms with Gasteiger partial charge in [-0.3, -0.25) is 4.79 Å². The van der Waals surface area contributed by atoms with Crippen molar-refractivity contribution in [2.24, 2.45) is 0 Å². The predicted molar refractivity (Wildman–Crippen MR) is 68.5 cm³/mol. The third-order valence-corrected chi connectivity index (χ3v) is 4.10. The number of carbonyl (C=O) groups is 1. The average molecular weight is 357 g/mol. The molecule has 0 saturated carbocycles. The molecule has 0 aliphatic rings. The third-order valence-electron chi connectivity index (χ3n) is 1.70. The number of carbonyl (C=O) groups excluding carboxylic acids is 1. The van der Waals surface area contributed by atoms with E-state index in [2.05, 4.69) is 48.0 Å². The predicted octanol–water partition coefficient (Wildman–Crippen LogP) is 2.54. The third kappa shape index (κ3) is 4.63. The van der Waals surface area contributed by atoms with Crippen molar-refractivity contribution >= 4 is 49.2 Å². The summed E-state index contributed by atoms with van der Waals surface area (Å²) in [6.45, 7) is 1.32. The molecule has 0 aliphatic heterocycles. The standard InChI is InChI=1S/C9H11Br2NO2S/c1-14-9(13)8(11)4-12-3-7-2-6(10)5-15-7/h2,5,8,12H,3-4H2,1H3. The molecule has 6 heteroatoms. The smallest absolute Gasteiger partial charge is 0.320 e. The first kappa shape index (κ1) is 13.2. The lowest BCUT2D eigenvalue weighted by molar-refractivity contribution is -0.139. The molecule has 15 heavy (non-hydrogen) atoms. The normalized spacial score (nSPS) is 12.5. The highest BCUT2D eigenvalue weighted by Gasteiger charge is 2.14. The van der Waals surface area contributed by atoms with Gasteiger partial charge in [-0.15, -0.1) is 11.3 Å². The van der Waals surface area contributed by atoms with Crippen LogP contribution < -0.4 is 5.32 Å². The monoisotopic (exact) mass is 355 g/mol. The maximum Gasteiger partial charge on any atom is 0.320 e. The van der Waals surface area contributed by atoms with Gasteiger partial charge in [0.2, 0.25) is 0 Å². The summed E-state index contributed by atoms with van der Waals surface area (Å²) < 4.78 is 5.68. The van der Waals surface area contributed by atoms with Crippen LogP contribution in [0.25, 0.3) is 0 Å². The Morgan fingerprint density at radius 3 is 3.00 bits per heavy atom. The molecule has 1 aromatic heterocycles. The topological polar surface area (TPSA) is 38.3 Å². The molecule has 1 unspecified atom stereocenters. The van der Waals surface area contributed by atoms with Gasteiger partial charge < -0.3 is 10.1 Å². The highest BCUT2D eigenvalue weighted by Crippen LogP contribution is 2.19. The van der Waals surface area contributed by atoms with Gasteiger partial charge in [-0.05, 0) is 22.0 Å². The molecule has 1 N–H and O–H groups in total. The number of halogens is 2. The molecular weight excluding hydrogens is 346 g/mol. The van der Waals surface area contributed by atoms with Crippen LogP contribution in [0.1, 0.15) is 4.88 Å². The first-order valence-corrected chi connectivity index (χ1v) is 6.88. The summed E-state index contributed by atoms with van der Waals surface area (Å²) in [6, 6.07) is 2.05. The maximum atomic E-state index is 11.0. The van der Waals surface area contributed by atoms with Gasteiger partial charge in [-0.2, -0.15) is 0 Å². The van der Waals surface area contributed by atoms with E-state index in [1.165, 1.54) is 12.0 Å². The zero-order valence-corrected chi connectivity index (χ0v) is 12.1. The molecule has 3 nitrogen and oxygen atoms in total. The first-order chi connectivity index (χ1) is 7.13. The van der Waals surface area contributed by atoms with Crippen LogP contribution >= 0.6 is 43.2 Å². The van der Waals surface area contributed by atoms with Gasteiger partial charge >= 0.3 is 5.97 Å². The Bertz CT molecular complexity index is 330. The van der Waals surface area contributed by atoms with Crippen molar-refractivity contribution in [3.63, 3.8) is 0 Å². The second-order valence-electron chi connectivity index (χ2n) is 2.85. The highest BCUT2D eigenvalue weighted by atomic mass is 79.9. The number of ether oxygens (including phenoxy) is 1. The van der Waals surface area contributed by atoms with Gasteiger partial charge in [0.15, 0.2) is 0 Å². The van der Waals surface area contributed by atoms with Gasteiger partial charge in [0, 0.05) is 27.8 Å². The Morgan fingerprint density at radius 2 is 2.47 bits per heavy atom. The molecule has 0 aromatic carbocycles. The lowest BCUT2D eigenvalue weighted by atomic mass is 10.4. The van der Waals surface area contributed by atoms with Crippen molar-refractivity contribution < 1.29 is 9.53 Å². The van der Waals surface area contributed by atoms with Crippen molar-refractivity contribution in [1.29, 1.82) is 0 Å². The Balaban J connectivity index is 2.24. The summed E-state index contributed by atoms with van der Waals surface area (Å²) in [7, 11) is 1.38. The molecule has 0 fully saturated rings. The fourth-order valence-corrected chi connectivity index (χ4v) is 2.82. The van der Waals surface area contributed by atoms with Gasteiger partial charge in [0.05, 0.1) is 7.11 Å². The van der Waals surface area contributed by atoms with Crippen LogP contribution in [0.2, 0.25) is 0 Å². The number of alkyl halides is 1. The van der Waals surface area contributed by atoms with Crippen LogP contribution in [0.3, 0.4) is 0 Å². The molecule has 1 rings (SSSR count). The summed E-state index contributed by atoms with van der Waals surface area (Å²) in [6.07, 6.45) is 0. The van der Waals surface area contributed by atoms with E-state index in [1.807, 2.05) is 5.38 Å². The molecule has 0 bridgehead atoms. The zero-order valence-electron chi connectivity index (χ0n) is 8.13. The number of methoxy groups -OCH3 is 1. The molecule has 0 amide bonds.